The van der Waals surface area contributed by atoms with Crippen molar-refractivity contribution < 1.29 is 4.74 Å². The fourth-order valence-electron chi connectivity index (χ4n) is 3.37. The highest BCUT2D eigenvalue weighted by molar-refractivity contribution is 4.89. The fourth-order valence-corrected chi connectivity index (χ4v) is 3.37. The zero-order valence-electron chi connectivity index (χ0n) is 12.3. The number of hydrogen-bond acceptors (Lipinski definition) is 3. The van der Waals surface area contributed by atoms with E-state index in [0.717, 1.165) is 31.6 Å². The van der Waals surface area contributed by atoms with E-state index in [1.807, 2.05) is 0 Å². The Balaban J connectivity index is 1.90. The van der Waals surface area contributed by atoms with Crippen LogP contribution in [0.15, 0.2) is 0 Å². The second-order valence-electron chi connectivity index (χ2n) is 6.39. The van der Waals surface area contributed by atoms with Gasteiger partial charge in [-0.3, -0.25) is 4.90 Å². The summed E-state index contributed by atoms with van der Waals surface area (Å²) in [6, 6.07) is 1.41. The summed E-state index contributed by atoms with van der Waals surface area (Å²) in [4.78, 5) is 2.74. The van der Waals surface area contributed by atoms with E-state index in [0.29, 0.717) is 12.1 Å². The fraction of sp³-hybridized carbons (Fsp3) is 1.00. The second-order valence-corrected chi connectivity index (χ2v) is 6.39. The minimum atomic E-state index is 0.701. The van der Waals surface area contributed by atoms with Gasteiger partial charge < -0.3 is 10.1 Å². The minimum Gasteiger partial charge on any atom is -0.381 e. The summed E-state index contributed by atoms with van der Waals surface area (Å²) in [7, 11) is 0. The van der Waals surface area contributed by atoms with E-state index in [4.69, 9.17) is 4.74 Å². The quantitative estimate of drug-likeness (QED) is 0.813. The number of nitrogens with zero attached hydrogens (tertiary/aromatic N) is 1. The first-order valence-corrected chi connectivity index (χ1v) is 7.75. The van der Waals surface area contributed by atoms with Gasteiger partial charge in [-0.15, -0.1) is 0 Å². The molecule has 18 heavy (non-hydrogen) atoms. The SMILES string of the molecule is CCCC1CN(CC2CCOC2)C(C(C)C)CN1. The molecule has 0 aromatic heterocycles. The van der Waals surface area contributed by atoms with Crippen LogP contribution in [-0.4, -0.2) is 49.8 Å². The lowest BCUT2D eigenvalue weighted by molar-refractivity contribution is 0.0748. The molecule has 0 spiro atoms. The van der Waals surface area contributed by atoms with Crippen LogP contribution in [0, 0.1) is 11.8 Å². The molecule has 2 heterocycles. The Morgan fingerprint density at radius 2 is 2.22 bits per heavy atom. The molecule has 0 bridgehead atoms. The van der Waals surface area contributed by atoms with Crippen molar-refractivity contribution in [1.29, 1.82) is 0 Å². The maximum absolute atomic E-state index is 5.53. The molecule has 0 aromatic carbocycles. The normalized spacial score (nSPS) is 34.3. The molecule has 2 aliphatic heterocycles. The van der Waals surface area contributed by atoms with Crippen molar-refractivity contribution in [2.45, 2.75) is 52.1 Å². The lowest BCUT2D eigenvalue weighted by atomic mass is 9.95. The largest absolute Gasteiger partial charge is 0.381 e. The molecule has 0 amide bonds. The summed E-state index contributed by atoms with van der Waals surface area (Å²) in [5.41, 5.74) is 0. The van der Waals surface area contributed by atoms with Crippen molar-refractivity contribution in [3.63, 3.8) is 0 Å². The summed E-state index contributed by atoms with van der Waals surface area (Å²) in [6.07, 6.45) is 3.85. The molecular formula is C15H30N2O. The first-order chi connectivity index (χ1) is 8.70. The highest BCUT2D eigenvalue weighted by atomic mass is 16.5. The standard InChI is InChI=1S/C15H30N2O/c1-4-5-14-10-17(9-13-6-7-18-11-13)15(8-16-14)12(2)3/h12-16H,4-11H2,1-3H3. The van der Waals surface area contributed by atoms with Gasteiger partial charge in [-0.25, -0.2) is 0 Å². The monoisotopic (exact) mass is 254 g/mol. The molecule has 2 rings (SSSR count). The molecule has 0 aliphatic carbocycles. The van der Waals surface area contributed by atoms with Gasteiger partial charge in [0, 0.05) is 38.3 Å². The first-order valence-electron chi connectivity index (χ1n) is 7.75. The van der Waals surface area contributed by atoms with E-state index < -0.39 is 0 Å². The molecule has 2 saturated heterocycles. The van der Waals surface area contributed by atoms with Crippen molar-refractivity contribution in [2.24, 2.45) is 11.8 Å². The third kappa shape index (κ3) is 3.69. The van der Waals surface area contributed by atoms with Crippen molar-refractivity contribution >= 4 is 0 Å². The molecule has 3 unspecified atom stereocenters. The number of piperazine rings is 1. The van der Waals surface area contributed by atoms with Crippen LogP contribution >= 0.6 is 0 Å². The number of nitrogens with one attached hydrogen (secondary N) is 1. The summed E-state index contributed by atoms with van der Waals surface area (Å²) in [5, 5.41) is 3.73. The van der Waals surface area contributed by atoms with Crippen molar-refractivity contribution in [3.05, 3.63) is 0 Å². The lowest BCUT2D eigenvalue weighted by Crippen LogP contribution is -2.59. The second kappa shape index (κ2) is 6.88. The van der Waals surface area contributed by atoms with Crippen LogP contribution in [0.25, 0.3) is 0 Å². The van der Waals surface area contributed by atoms with Gasteiger partial charge in [-0.05, 0) is 24.7 Å². The lowest BCUT2D eigenvalue weighted by Gasteiger charge is -2.43. The number of rotatable bonds is 5. The third-order valence-electron chi connectivity index (χ3n) is 4.46. The van der Waals surface area contributed by atoms with E-state index in [1.54, 1.807) is 0 Å². The maximum Gasteiger partial charge on any atom is 0.0507 e. The van der Waals surface area contributed by atoms with Crippen LogP contribution in [0.5, 0.6) is 0 Å². The highest BCUT2D eigenvalue weighted by Gasteiger charge is 2.31. The Bertz CT molecular complexity index is 239. The highest BCUT2D eigenvalue weighted by Crippen LogP contribution is 2.21. The van der Waals surface area contributed by atoms with Crippen molar-refractivity contribution in [2.75, 3.05) is 32.8 Å². The van der Waals surface area contributed by atoms with Crippen LogP contribution in [0.4, 0.5) is 0 Å². The Kier molecular flexibility index (Phi) is 5.46. The molecule has 2 aliphatic rings. The van der Waals surface area contributed by atoms with Gasteiger partial charge in [0.15, 0.2) is 0 Å². The Morgan fingerprint density at radius 1 is 1.39 bits per heavy atom. The molecule has 0 radical (unpaired) electrons. The van der Waals surface area contributed by atoms with E-state index in [-0.39, 0.29) is 0 Å². The van der Waals surface area contributed by atoms with Crippen molar-refractivity contribution in [3.8, 4) is 0 Å². The van der Waals surface area contributed by atoms with Gasteiger partial charge in [-0.1, -0.05) is 27.2 Å². The van der Waals surface area contributed by atoms with Gasteiger partial charge in [0.2, 0.25) is 0 Å². The topological polar surface area (TPSA) is 24.5 Å². The van der Waals surface area contributed by atoms with E-state index >= 15 is 0 Å². The molecule has 0 aromatic rings. The van der Waals surface area contributed by atoms with E-state index in [1.165, 1.54) is 32.4 Å². The zero-order valence-corrected chi connectivity index (χ0v) is 12.3. The minimum absolute atomic E-state index is 0.701. The van der Waals surface area contributed by atoms with Gasteiger partial charge >= 0.3 is 0 Å². The summed E-state index contributed by atoms with van der Waals surface area (Å²) in [6.45, 7) is 12.6. The molecule has 0 saturated carbocycles. The average Bonchev–Trinajstić information content (AvgIpc) is 2.82. The van der Waals surface area contributed by atoms with Crippen LogP contribution in [0.1, 0.15) is 40.0 Å². The van der Waals surface area contributed by atoms with Crippen molar-refractivity contribution in [1.82, 2.24) is 10.2 Å². The van der Waals surface area contributed by atoms with Gasteiger partial charge in [0.25, 0.3) is 0 Å². The Morgan fingerprint density at radius 3 is 2.83 bits per heavy atom. The maximum atomic E-state index is 5.53. The van der Waals surface area contributed by atoms with Gasteiger partial charge in [-0.2, -0.15) is 0 Å². The summed E-state index contributed by atoms with van der Waals surface area (Å²) in [5.74, 6) is 1.51. The van der Waals surface area contributed by atoms with Crippen LogP contribution in [0.2, 0.25) is 0 Å². The van der Waals surface area contributed by atoms with Gasteiger partial charge in [0.05, 0.1) is 6.61 Å². The summed E-state index contributed by atoms with van der Waals surface area (Å²) >= 11 is 0. The number of ether oxygens (including phenoxy) is 1. The molecule has 1 N–H and O–H groups in total. The van der Waals surface area contributed by atoms with Crippen LogP contribution in [-0.2, 0) is 4.74 Å². The third-order valence-corrected chi connectivity index (χ3v) is 4.46. The smallest absolute Gasteiger partial charge is 0.0507 e. The Labute approximate surface area is 112 Å². The average molecular weight is 254 g/mol. The molecular weight excluding hydrogens is 224 g/mol. The molecule has 106 valence electrons. The molecule has 3 nitrogen and oxygen atoms in total. The molecule has 3 heteroatoms. The van der Waals surface area contributed by atoms with E-state index in [2.05, 4.69) is 31.0 Å². The molecule has 3 atom stereocenters. The van der Waals surface area contributed by atoms with Gasteiger partial charge in [0.1, 0.15) is 0 Å². The molecule has 2 fully saturated rings. The van der Waals surface area contributed by atoms with Crippen LogP contribution < -0.4 is 5.32 Å². The van der Waals surface area contributed by atoms with E-state index in [9.17, 15) is 0 Å². The first kappa shape index (κ1) is 14.3. The number of hydrogen-bond donors (Lipinski definition) is 1. The predicted molar refractivity (Wildman–Crippen MR) is 75.8 cm³/mol. The zero-order chi connectivity index (χ0) is 13.0. The summed E-state index contributed by atoms with van der Waals surface area (Å²) < 4.78 is 5.53. The van der Waals surface area contributed by atoms with Crippen LogP contribution in [0.3, 0.4) is 0 Å². The predicted octanol–water partition coefficient (Wildman–Crippen LogP) is 2.12. The Hall–Kier alpha value is -0.120.